The molecular weight excluding hydrogens is 376 g/mol. The van der Waals surface area contributed by atoms with Crippen molar-refractivity contribution in [3.05, 3.63) is 65.2 Å². The van der Waals surface area contributed by atoms with E-state index in [0.717, 1.165) is 12.0 Å². The van der Waals surface area contributed by atoms with Gasteiger partial charge in [0, 0.05) is 17.6 Å². The number of ether oxygens (including phenoxy) is 1. The van der Waals surface area contributed by atoms with Gasteiger partial charge in [0.05, 0.1) is 0 Å². The maximum Gasteiger partial charge on any atom is 0.261 e. The lowest BCUT2D eigenvalue weighted by Gasteiger charge is -2.29. The summed E-state index contributed by atoms with van der Waals surface area (Å²) < 4.78 is 5.59. The summed E-state index contributed by atoms with van der Waals surface area (Å²) in [5.41, 5.74) is 0.851. The molecule has 28 heavy (non-hydrogen) atoms. The fraction of sp³-hybridized carbons (Fsp3) is 0.364. The van der Waals surface area contributed by atoms with Gasteiger partial charge in [0.15, 0.2) is 6.61 Å². The van der Waals surface area contributed by atoms with Crippen LogP contribution in [0.1, 0.15) is 32.8 Å². The summed E-state index contributed by atoms with van der Waals surface area (Å²) in [4.78, 5) is 27.0. The minimum Gasteiger partial charge on any atom is -0.484 e. The van der Waals surface area contributed by atoms with Crippen LogP contribution in [0.3, 0.4) is 0 Å². The van der Waals surface area contributed by atoms with Crippen molar-refractivity contribution in [3.63, 3.8) is 0 Å². The van der Waals surface area contributed by atoms with Crippen LogP contribution >= 0.6 is 11.6 Å². The van der Waals surface area contributed by atoms with E-state index < -0.39 is 6.04 Å². The zero-order valence-electron chi connectivity index (χ0n) is 16.5. The van der Waals surface area contributed by atoms with E-state index in [1.165, 1.54) is 4.90 Å². The van der Waals surface area contributed by atoms with E-state index in [-0.39, 0.29) is 31.0 Å². The Hall–Kier alpha value is -2.53. The van der Waals surface area contributed by atoms with Gasteiger partial charge in [0.2, 0.25) is 5.91 Å². The van der Waals surface area contributed by atoms with E-state index in [2.05, 4.69) is 5.32 Å². The lowest BCUT2D eigenvalue weighted by molar-refractivity contribution is -0.142. The van der Waals surface area contributed by atoms with E-state index in [4.69, 9.17) is 16.3 Å². The summed E-state index contributed by atoms with van der Waals surface area (Å²) in [6.07, 6.45) is 0.817. The van der Waals surface area contributed by atoms with E-state index in [1.54, 1.807) is 31.2 Å². The van der Waals surface area contributed by atoms with Crippen LogP contribution in [-0.2, 0) is 16.1 Å². The minimum absolute atomic E-state index is 0.0404. The van der Waals surface area contributed by atoms with Crippen molar-refractivity contribution in [3.8, 4) is 5.75 Å². The van der Waals surface area contributed by atoms with Crippen LogP contribution in [0, 0.1) is 0 Å². The van der Waals surface area contributed by atoms with Gasteiger partial charge in [-0.2, -0.15) is 0 Å². The third-order valence-corrected chi connectivity index (χ3v) is 4.75. The van der Waals surface area contributed by atoms with Crippen LogP contribution in [0.15, 0.2) is 54.6 Å². The highest BCUT2D eigenvalue weighted by Gasteiger charge is 2.27. The molecule has 0 aliphatic heterocycles. The molecule has 2 atom stereocenters. The van der Waals surface area contributed by atoms with E-state index in [9.17, 15) is 9.59 Å². The standard InChI is InChI=1S/C22H27ClN2O3/c1-4-16(2)24-22(27)17(3)25(14-18-9-8-10-19(23)13-18)21(26)15-28-20-11-6-5-7-12-20/h5-13,16-17H,4,14-15H2,1-3H3,(H,24,27)/t16-,17+/m0/s1. The molecule has 0 fully saturated rings. The number of carbonyl (C=O) groups excluding carboxylic acids is 2. The minimum atomic E-state index is -0.639. The van der Waals surface area contributed by atoms with Crippen molar-refractivity contribution in [1.82, 2.24) is 10.2 Å². The topological polar surface area (TPSA) is 58.6 Å². The van der Waals surface area contributed by atoms with Crippen molar-refractivity contribution < 1.29 is 14.3 Å². The van der Waals surface area contributed by atoms with Crippen LogP contribution < -0.4 is 10.1 Å². The van der Waals surface area contributed by atoms with Gasteiger partial charge in [-0.3, -0.25) is 9.59 Å². The summed E-state index contributed by atoms with van der Waals surface area (Å²) in [5, 5.41) is 3.52. The van der Waals surface area contributed by atoms with Gasteiger partial charge in [-0.1, -0.05) is 48.9 Å². The molecule has 0 aliphatic carbocycles. The maximum atomic E-state index is 12.9. The highest BCUT2D eigenvalue weighted by molar-refractivity contribution is 6.30. The average Bonchev–Trinajstić information content (AvgIpc) is 2.70. The lowest BCUT2D eigenvalue weighted by atomic mass is 10.1. The van der Waals surface area contributed by atoms with E-state index in [0.29, 0.717) is 10.8 Å². The third-order valence-electron chi connectivity index (χ3n) is 4.52. The van der Waals surface area contributed by atoms with Crippen molar-refractivity contribution in [1.29, 1.82) is 0 Å². The van der Waals surface area contributed by atoms with Gasteiger partial charge in [0.1, 0.15) is 11.8 Å². The molecule has 2 aromatic rings. The fourth-order valence-electron chi connectivity index (χ4n) is 2.62. The molecule has 2 rings (SSSR count). The number of para-hydroxylation sites is 1. The van der Waals surface area contributed by atoms with Gasteiger partial charge >= 0.3 is 0 Å². The maximum absolute atomic E-state index is 12.9. The zero-order chi connectivity index (χ0) is 20.5. The number of nitrogens with one attached hydrogen (secondary N) is 1. The molecule has 0 spiro atoms. The molecule has 0 aromatic heterocycles. The predicted octanol–water partition coefficient (Wildman–Crippen LogP) is 4.05. The van der Waals surface area contributed by atoms with E-state index >= 15 is 0 Å². The molecular formula is C22H27ClN2O3. The predicted molar refractivity (Wildman–Crippen MR) is 111 cm³/mol. The summed E-state index contributed by atoms with van der Waals surface area (Å²) in [7, 11) is 0. The Balaban J connectivity index is 2.14. The van der Waals surface area contributed by atoms with Gasteiger partial charge in [0.25, 0.3) is 5.91 Å². The summed E-state index contributed by atoms with van der Waals surface area (Å²) in [5.74, 6) is 0.148. The van der Waals surface area contributed by atoms with Crippen molar-refractivity contribution in [2.45, 2.75) is 45.8 Å². The molecule has 1 N–H and O–H groups in total. The number of benzene rings is 2. The summed E-state index contributed by atoms with van der Waals surface area (Å²) in [6.45, 7) is 5.78. The van der Waals surface area contributed by atoms with E-state index in [1.807, 2.05) is 44.2 Å². The Morgan fingerprint density at radius 2 is 1.82 bits per heavy atom. The summed E-state index contributed by atoms with van der Waals surface area (Å²) >= 11 is 6.07. The molecule has 0 saturated heterocycles. The molecule has 0 heterocycles. The lowest BCUT2D eigenvalue weighted by Crippen LogP contribution is -2.50. The summed E-state index contributed by atoms with van der Waals surface area (Å²) in [6, 6.07) is 15.8. The monoisotopic (exact) mass is 402 g/mol. The smallest absolute Gasteiger partial charge is 0.261 e. The second-order valence-corrected chi connectivity index (χ2v) is 7.18. The third kappa shape index (κ3) is 6.57. The average molecular weight is 403 g/mol. The molecule has 5 nitrogen and oxygen atoms in total. The number of rotatable bonds is 9. The number of hydrogen-bond donors (Lipinski definition) is 1. The quantitative estimate of drug-likeness (QED) is 0.688. The zero-order valence-corrected chi connectivity index (χ0v) is 17.3. The SMILES string of the molecule is CC[C@H](C)NC(=O)[C@@H](C)N(Cc1cccc(Cl)c1)C(=O)COc1ccccc1. The first-order valence-corrected chi connectivity index (χ1v) is 9.80. The van der Waals surface area contributed by atoms with Crippen LogP contribution in [0.25, 0.3) is 0 Å². The largest absolute Gasteiger partial charge is 0.484 e. The van der Waals surface area contributed by atoms with Crippen LogP contribution in [0.2, 0.25) is 5.02 Å². The van der Waals surface area contributed by atoms with Crippen molar-refractivity contribution in [2.75, 3.05) is 6.61 Å². The van der Waals surface area contributed by atoms with Crippen molar-refractivity contribution in [2.24, 2.45) is 0 Å². The van der Waals surface area contributed by atoms with Crippen LogP contribution in [0.5, 0.6) is 5.75 Å². The van der Waals surface area contributed by atoms with Gasteiger partial charge in [-0.15, -0.1) is 0 Å². The first kappa shape index (κ1) is 21.8. The second kappa shape index (κ2) is 10.7. The molecule has 6 heteroatoms. The fourth-order valence-corrected chi connectivity index (χ4v) is 2.84. The Morgan fingerprint density at radius 3 is 2.46 bits per heavy atom. The van der Waals surface area contributed by atoms with Crippen LogP contribution in [0.4, 0.5) is 0 Å². The Labute approximate surface area is 171 Å². The number of carbonyl (C=O) groups is 2. The number of amides is 2. The number of halogens is 1. The van der Waals surface area contributed by atoms with Gasteiger partial charge < -0.3 is 15.0 Å². The Bertz CT molecular complexity index is 782. The number of nitrogens with zero attached hydrogens (tertiary/aromatic N) is 1. The second-order valence-electron chi connectivity index (χ2n) is 6.75. The molecule has 0 unspecified atom stereocenters. The molecule has 0 aliphatic rings. The highest BCUT2D eigenvalue weighted by atomic mass is 35.5. The van der Waals surface area contributed by atoms with Gasteiger partial charge in [-0.05, 0) is 50.1 Å². The molecule has 2 amide bonds. The highest BCUT2D eigenvalue weighted by Crippen LogP contribution is 2.16. The normalized spacial score (nSPS) is 12.7. The Morgan fingerprint density at radius 1 is 1.11 bits per heavy atom. The van der Waals surface area contributed by atoms with Crippen LogP contribution in [-0.4, -0.2) is 35.4 Å². The first-order valence-electron chi connectivity index (χ1n) is 9.42. The Kier molecular flexibility index (Phi) is 8.33. The molecule has 150 valence electrons. The molecule has 0 radical (unpaired) electrons. The van der Waals surface area contributed by atoms with Gasteiger partial charge in [-0.25, -0.2) is 0 Å². The first-order chi connectivity index (χ1) is 13.4. The molecule has 0 saturated carbocycles. The number of hydrogen-bond acceptors (Lipinski definition) is 3. The molecule has 2 aromatic carbocycles. The molecule has 0 bridgehead atoms. The van der Waals surface area contributed by atoms with Crippen molar-refractivity contribution >= 4 is 23.4 Å².